The van der Waals surface area contributed by atoms with E-state index in [1.54, 1.807) is 0 Å². The molecule has 410 valence electrons. The van der Waals surface area contributed by atoms with Crippen molar-refractivity contribution in [2.24, 2.45) is 0 Å². The van der Waals surface area contributed by atoms with E-state index in [4.69, 9.17) is 42.6 Å². The monoisotopic (exact) mass is 1050 g/mol. The van der Waals surface area contributed by atoms with Gasteiger partial charge in [-0.2, -0.15) is 0 Å². The average Bonchev–Trinajstić information content (AvgIpc) is 3.47. The summed E-state index contributed by atoms with van der Waals surface area (Å²) in [5.74, 6) is 0.856. The zero-order chi connectivity index (χ0) is 53.3. The van der Waals surface area contributed by atoms with Gasteiger partial charge in [-0.3, -0.25) is 4.79 Å². The van der Waals surface area contributed by atoms with E-state index in [0.29, 0.717) is 26.2 Å². The SMILES string of the molecule is CC(C)Oc1ccc(CCCCCCCCCCC(=O)N[C@@H](COC2OC3COC(c4ccccc4)OC3C(OCc3ccccc3)C2OCc2ccccc2)[C@H](OCc2ccccc2)[C@@H](C)OCc2ccccc2)cc1. The lowest BCUT2D eigenvalue weighted by Crippen LogP contribution is -2.64. The van der Waals surface area contributed by atoms with Gasteiger partial charge in [0.05, 0.1) is 57.9 Å². The summed E-state index contributed by atoms with van der Waals surface area (Å²) in [6, 6.07) is 58.0. The van der Waals surface area contributed by atoms with Crippen LogP contribution in [0.2, 0.25) is 0 Å². The van der Waals surface area contributed by atoms with Gasteiger partial charge in [0.1, 0.15) is 36.3 Å². The molecule has 2 aliphatic heterocycles. The van der Waals surface area contributed by atoms with Crippen molar-refractivity contribution >= 4 is 5.91 Å². The molecule has 6 unspecified atom stereocenters. The van der Waals surface area contributed by atoms with Gasteiger partial charge < -0.3 is 47.9 Å². The van der Waals surface area contributed by atoms with Gasteiger partial charge in [0.2, 0.25) is 5.91 Å². The number of hydrogen-bond donors (Lipinski definition) is 1. The fourth-order valence-corrected chi connectivity index (χ4v) is 9.98. The molecule has 0 spiro atoms. The molecule has 11 nitrogen and oxygen atoms in total. The number of rotatable bonds is 32. The van der Waals surface area contributed by atoms with Crippen molar-refractivity contribution in [3.63, 3.8) is 0 Å². The highest BCUT2D eigenvalue weighted by Gasteiger charge is 2.52. The highest BCUT2D eigenvalue weighted by Crippen LogP contribution is 2.38. The lowest BCUT2D eigenvalue weighted by molar-refractivity contribution is -0.373. The number of hydrogen-bond acceptors (Lipinski definition) is 10. The van der Waals surface area contributed by atoms with Crippen molar-refractivity contribution in [3.8, 4) is 5.75 Å². The van der Waals surface area contributed by atoms with E-state index in [1.165, 1.54) is 31.2 Å². The van der Waals surface area contributed by atoms with Gasteiger partial charge in [0, 0.05) is 12.0 Å². The molecule has 6 aromatic carbocycles. The molecule has 1 N–H and O–H groups in total. The van der Waals surface area contributed by atoms with Crippen LogP contribution in [0.15, 0.2) is 176 Å². The van der Waals surface area contributed by atoms with Gasteiger partial charge in [-0.1, -0.05) is 202 Å². The normalized spacial score (nSPS) is 20.5. The van der Waals surface area contributed by atoms with Crippen molar-refractivity contribution in [1.29, 1.82) is 0 Å². The molecule has 2 aliphatic rings. The smallest absolute Gasteiger partial charge is 0.220 e. The summed E-state index contributed by atoms with van der Waals surface area (Å²) in [6.45, 7) is 7.60. The highest BCUT2D eigenvalue weighted by molar-refractivity contribution is 5.76. The minimum atomic E-state index is -0.952. The third-order valence-corrected chi connectivity index (χ3v) is 14.1. The lowest BCUT2D eigenvalue weighted by atomic mass is 9.96. The number of amides is 1. The Kier molecular flexibility index (Phi) is 23.6. The number of nitrogens with one attached hydrogen (secondary N) is 1. The molecule has 0 aromatic heterocycles. The maximum Gasteiger partial charge on any atom is 0.220 e. The summed E-state index contributed by atoms with van der Waals surface area (Å²) in [6.07, 6.45) is 5.22. The third-order valence-electron chi connectivity index (χ3n) is 14.1. The molecule has 8 rings (SSSR count). The van der Waals surface area contributed by atoms with E-state index in [0.717, 1.165) is 65.7 Å². The number of carbonyl (C=O) groups is 1. The predicted molar refractivity (Wildman–Crippen MR) is 300 cm³/mol. The van der Waals surface area contributed by atoms with Crippen molar-refractivity contribution < 1.29 is 47.4 Å². The zero-order valence-electron chi connectivity index (χ0n) is 45.4. The Morgan fingerprint density at radius 3 is 1.61 bits per heavy atom. The molecule has 0 saturated carbocycles. The molecular weight excluding hydrogens is 967 g/mol. The third kappa shape index (κ3) is 19.0. The molecule has 77 heavy (non-hydrogen) atoms. The van der Waals surface area contributed by atoms with Gasteiger partial charge in [-0.15, -0.1) is 0 Å². The first-order valence-electron chi connectivity index (χ1n) is 28.1. The Labute approximate surface area is 457 Å². The molecule has 0 bridgehead atoms. The summed E-state index contributed by atoms with van der Waals surface area (Å²) in [7, 11) is 0. The number of benzene rings is 6. The van der Waals surface area contributed by atoms with Gasteiger partial charge in [-0.05, 0) is 80.0 Å². The Morgan fingerprint density at radius 1 is 0.532 bits per heavy atom. The molecule has 6 aromatic rings. The molecule has 1 amide bonds. The molecule has 2 fully saturated rings. The number of aryl methyl sites for hydroxylation is 1. The second-order valence-electron chi connectivity index (χ2n) is 20.7. The molecule has 11 heteroatoms. The molecular formula is C66H81NO10. The molecule has 9 atom stereocenters. The predicted octanol–water partition coefficient (Wildman–Crippen LogP) is 13.2. The van der Waals surface area contributed by atoms with Crippen LogP contribution in [-0.2, 0) is 75.5 Å². The largest absolute Gasteiger partial charge is 0.491 e. The number of fused-ring (bicyclic) bond motifs is 1. The Balaban J connectivity index is 0.960. The Morgan fingerprint density at radius 2 is 1.04 bits per heavy atom. The topological polar surface area (TPSA) is 112 Å². The van der Waals surface area contributed by atoms with E-state index in [1.807, 2.05) is 172 Å². The van der Waals surface area contributed by atoms with E-state index in [9.17, 15) is 4.79 Å². The van der Waals surface area contributed by atoms with Crippen LogP contribution in [0.4, 0.5) is 0 Å². The van der Waals surface area contributed by atoms with Gasteiger partial charge in [0.15, 0.2) is 12.6 Å². The van der Waals surface area contributed by atoms with Gasteiger partial charge in [0.25, 0.3) is 0 Å². The van der Waals surface area contributed by atoms with E-state index in [2.05, 4.69) is 29.6 Å². The van der Waals surface area contributed by atoms with Crippen LogP contribution in [0.1, 0.15) is 118 Å². The van der Waals surface area contributed by atoms with Crippen molar-refractivity contribution in [3.05, 3.63) is 209 Å². The van der Waals surface area contributed by atoms with Crippen molar-refractivity contribution in [2.75, 3.05) is 13.2 Å². The number of ether oxygens (including phenoxy) is 9. The first-order valence-corrected chi connectivity index (χ1v) is 28.1. The lowest BCUT2D eigenvalue weighted by Gasteiger charge is -2.49. The van der Waals surface area contributed by atoms with Crippen LogP contribution in [0, 0.1) is 0 Å². The molecule has 2 heterocycles. The maximum absolute atomic E-state index is 14.2. The van der Waals surface area contributed by atoms with Crippen LogP contribution in [0.3, 0.4) is 0 Å². The Hall–Kier alpha value is -5.73. The van der Waals surface area contributed by atoms with Gasteiger partial charge >= 0.3 is 0 Å². The van der Waals surface area contributed by atoms with Crippen LogP contribution >= 0.6 is 0 Å². The number of unbranched alkanes of at least 4 members (excludes halogenated alkanes) is 7. The minimum Gasteiger partial charge on any atom is -0.491 e. The summed E-state index contributed by atoms with van der Waals surface area (Å²) >= 11 is 0. The summed E-state index contributed by atoms with van der Waals surface area (Å²) < 4.78 is 60.1. The van der Waals surface area contributed by atoms with Crippen molar-refractivity contribution in [1.82, 2.24) is 5.32 Å². The summed E-state index contributed by atoms with van der Waals surface area (Å²) in [5, 5.41) is 3.38. The molecule has 2 saturated heterocycles. The number of carbonyl (C=O) groups excluding carboxylic acids is 1. The second-order valence-corrected chi connectivity index (χ2v) is 20.7. The van der Waals surface area contributed by atoms with Gasteiger partial charge in [-0.25, -0.2) is 0 Å². The van der Waals surface area contributed by atoms with Crippen LogP contribution in [-0.4, -0.2) is 74.2 Å². The molecule has 0 aliphatic carbocycles. The zero-order valence-corrected chi connectivity index (χ0v) is 45.4. The van der Waals surface area contributed by atoms with Crippen LogP contribution in [0.5, 0.6) is 5.75 Å². The van der Waals surface area contributed by atoms with E-state index in [-0.39, 0.29) is 31.8 Å². The quantitative estimate of drug-likeness (QED) is 0.0410. The summed E-state index contributed by atoms with van der Waals surface area (Å²) in [5.41, 5.74) is 6.28. The minimum absolute atomic E-state index is 0.0229. The van der Waals surface area contributed by atoms with Crippen LogP contribution in [0.25, 0.3) is 0 Å². The van der Waals surface area contributed by atoms with E-state index < -0.39 is 55.2 Å². The van der Waals surface area contributed by atoms with Crippen molar-refractivity contribution in [2.45, 2.75) is 173 Å². The first-order chi connectivity index (χ1) is 37.8. The summed E-state index contributed by atoms with van der Waals surface area (Å²) in [4.78, 5) is 14.2. The van der Waals surface area contributed by atoms with Crippen LogP contribution < -0.4 is 10.1 Å². The van der Waals surface area contributed by atoms with E-state index >= 15 is 0 Å². The standard InChI is InChI=1S/C66H81NO10/c1-49(2)75-57-41-39-51(40-42-57)27-15-8-6-4-5-7-9-26-38-60(68)67-58(61(70-44-53-30-18-11-19-31-53)50(3)69-43-52-28-16-10-17-29-52)47-73-66-64(72-46-55-34-22-13-23-35-55)63(71-45-54-32-20-12-21-33-54)62-59(76-66)48-74-65(77-62)56-36-24-14-25-37-56/h10-14,16-25,28-37,39-42,49-50,58-59,61-66H,4-9,15,26-27,38,43-48H2,1-3H3,(H,67,68)/t50-,58+,59?,61-,62?,63?,64?,65?,66?/m1/s1. The highest BCUT2D eigenvalue weighted by atomic mass is 16.8. The fraction of sp³-hybridized carbons (Fsp3) is 0.439. The average molecular weight is 1050 g/mol. The maximum atomic E-state index is 14.2. The Bertz CT molecular complexity index is 2520. The fourth-order valence-electron chi connectivity index (χ4n) is 9.98. The second kappa shape index (κ2) is 31.6. The first kappa shape index (κ1) is 57.4. The molecule has 0 radical (unpaired) electrons.